The molecule has 0 saturated carbocycles. The van der Waals surface area contributed by atoms with E-state index >= 15 is 0 Å². The molecule has 3 N–H and O–H groups in total. The molecule has 2 unspecified atom stereocenters. The molecule has 1 fully saturated rings. The number of nitrogens with two attached hydrogens (primary N) is 1. The Kier molecular flexibility index (Phi) is 2.71. The lowest BCUT2D eigenvalue weighted by atomic mass is 9.79. The van der Waals surface area contributed by atoms with E-state index < -0.39 is 5.41 Å². The Bertz CT molecular complexity index is 186. The van der Waals surface area contributed by atoms with Crippen LogP contribution in [0.4, 0.5) is 0 Å². The van der Waals surface area contributed by atoms with Crippen LogP contribution in [-0.4, -0.2) is 19.1 Å². The van der Waals surface area contributed by atoms with Crippen molar-refractivity contribution in [3.8, 4) is 6.07 Å². The van der Waals surface area contributed by atoms with Gasteiger partial charge in [0.15, 0.2) is 0 Å². The lowest BCUT2D eigenvalue weighted by Gasteiger charge is -2.28. The van der Waals surface area contributed by atoms with Gasteiger partial charge in [-0.05, 0) is 39.3 Å². The predicted octanol–water partition coefficient (Wildman–Crippen LogP) is 0.473. The molecule has 3 heteroatoms. The molecule has 1 rings (SSSR count). The fourth-order valence-electron chi connectivity index (χ4n) is 1.65. The smallest absolute Gasteiger partial charge is 0.0700 e. The molecule has 2 atom stereocenters. The second-order valence-electron chi connectivity index (χ2n) is 4.11. The first-order valence-corrected chi connectivity index (χ1v) is 4.45. The highest BCUT2D eigenvalue weighted by molar-refractivity contribution is 5.02. The van der Waals surface area contributed by atoms with Crippen LogP contribution in [0.5, 0.6) is 0 Å². The summed E-state index contributed by atoms with van der Waals surface area (Å²) < 4.78 is 0. The van der Waals surface area contributed by atoms with Crippen molar-refractivity contribution in [1.82, 2.24) is 5.32 Å². The molecule has 0 aromatic heterocycles. The summed E-state index contributed by atoms with van der Waals surface area (Å²) >= 11 is 0. The second-order valence-corrected chi connectivity index (χ2v) is 4.11. The molecule has 1 aliphatic heterocycles. The van der Waals surface area contributed by atoms with Gasteiger partial charge in [-0.15, -0.1) is 0 Å². The molecule has 1 heterocycles. The number of nitrogens with zero attached hydrogens (tertiary/aromatic N) is 1. The van der Waals surface area contributed by atoms with Crippen molar-refractivity contribution in [2.75, 3.05) is 13.1 Å². The third-order valence-electron chi connectivity index (χ3n) is 2.73. The van der Waals surface area contributed by atoms with Gasteiger partial charge in [0.05, 0.1) is 11.5 Å². The Morgan fingerprint density at radius 2 is 2.33 bits per heavy atom. The summed E-state index contributed by atoms with van der Waals surface area (Å²) in [4.78, 5) is 0. The molecule has 0 aromatic carbocycles. The lowest BCUT2D eigenvalue weighted by molar-refractivity contribution is 0.292. The fraction of sp³-hybridized carbons (Fsp3) is 0.889. The van der Waals surface area contributed by atoms with Gasteiger partial charge in [0, 0.05) is 6.04 Å². The summed E-state index contributed by atoms with van der Waals surface area (Å²) in [5, 5.41) is 12.1. The minimum absolute atomic E-state index is 0.00231. The summed E-state index contributed by atoms with van der Waals surface area (Å²) in [6.07, 6.45) is 1.10. The van der Waals surface area contributed by atoms with Crippen molar-refractivity contribution in [3.63, 3.8) is 0 Å². The summed E-state index contributed by atoms with van der Waals surface area (Å²) in [6.45, 7) is 5.83. The molecule has 0 bridgehead atoms. The Balaban J connectivity index is 2.57. The van der Waals surface area contributed by atoms with Gasteiger partial charge in [-0.3, -0.25) is 0 Å². The summed E-state index contributed by atoms with van der Waals surface area (Å²) in [5.41, 5.74) is 5.61. The van der Waals surface area contributed by atoms with Gasteiger partial charge in [0.1, 0.15) is 0 Å². The minimum Gasteiger partial charge on any atom is -0.326 e. The third-order valence-corrected chi connectivity index (χ3v) is 2.73. The summed E-state index contributed by atoms with van der Waals surface area (Å²) in [6, 6.07) is 2.26. The lowest BCUT2D eigenvalue weighted by Crippen LogP contribution is -2.43. The molecule has 12 heavy (non-hydrogen) atoms. The Hall–Kier alpha value is -0.590. The molecule has 0 aromatic rings. The van der Waals surface area contributed by atoms with E-state index in [0.29, 0.717) is 5.92 Å². The van der Waals surface area contributed by atoms with Gasteiger partial charge in [-0.2, -0.15) is 5.26 Å². The molecule has 0 radical (unpaired) electrons. The highest BCUT2D eigenvalue weighted by Gasteiger charge is 2.34. The molecule has 1 aliphatic rings. The summed E-state index contributed by atoms with van der Waals surface area (Å²) in [5.74, 6) is 0.472. The van der Waals surface area contributed by atoms with Crippen molar-refractivity contribution in [1.29, 1.82) is 5.26 Å². The van der Waals surface area contributed by atoms with Gasteiger partial charge in [0.25, 0.3) is 0 Å². The maximum Gasteiger partial charge on any atom is 0.0700 e. The third kappa shape index (κ3) is 1.77. The van der Waals surface area contributed by atoms with E-state index in [1.54, 1.807) is 0 Å². The Morgan fingerprint density at radius 1 is 1.67 bits per heavy atom. The van der Waals surface area contributed by atoms with Crippen LogP contribution in [0.3, 0.4) is 0 Å². The SMILES string of the molecule is CC(C)(C#N)C(N)C1CCNC1. The molecular weight excluding hydrogens is 150 g/mol. The Labute approximate surface area is 73.9 Å². The minimum atomic E-state index is -0.392. The van der Waals surface area contributed by atoms with Crippen molar-refractivity contribution in [2.45, 2.75) is 26.3 Å². The predicted molar refractivity (Wildman–Crippen MR) is 48.3 cm³/mol. The van der Waals surface area contributed by atoms with Crippen LogP contribution in [0.1, 0.15) is 20.3 Å². The van der Waals surface area contributed by atoms with Crippen LogP contribution in [0, 0.1) is 22.7 Å². The van der Waals surface area contributed by atoms with Crippen LogP contribution in [-0.2, 0) is 0 Å². The normalized spacial score (nSPS) is 26.7. The number of hydrogen-bond donors (Lipinski definition) is 2. The van der Waals surface area contributed by atoms with Crippen LogP contribution < -0.4 is 11.1 Å². The first-order chi connectivity index (χ1) is 5.58. The molecule has 1 saturated heterocycles. The summed E-state index contributed by atoms with van der Waals surface area (Å²) in [7, 11) is 0. The van der Waals surface area contributed by atoms with Crippen LogP contribution in [0.15, 0.2) is 0 Å². The topological polar surface area (TPSA) is 61.8 Å². The van der Waals surface area contributed by atoms with Gasteiger partial charge in [-0.25, -0.2) is 0 Å². The zero-order valence-corrected chi connectivity index (χ0v) is 7.80. The average molecular weight is 167 g/mol. The number of nitrogens with one attached hydrogen (secondary N) is 1. The highest BCUT2D eigenvalue weighted by atomic mass is 14.9. The highest BCUT2D eigenvalue weighted by Crippen LogP contribution is 2.26. The van der Waals surface area contributed by atoms with E-state index in [9.17, 15) is 0 Å². The van der Waals surface area contributed by atoms with Crippen molar-refractivity contribution in [3.05, 3.63) is 0 Å². The van der Waals surface area contributed by atoms with E-state index in [-0.39, 0.29) is 6.04 Å². The van der Waals surface area contributed by atoms with Crippen molar-refractivity contribution < 1.29 is 0 Å². The molecule has 0 amide bonds. The maximum atomic E-state index is 8.87. The number of rotatable bonds is 2. The quantitative estimate of drug-likeness (QED) is 0.628. The van der Waals surface area contributed by atoms with Crippen LogP contribution in [0.25, 0.3) is 0 Å². The van der Waals surface area contributed by atoms with E-state index in [1.165, 1.54) is 0 Å². The Morgan fingerprint density at radius 3 is 2.75 bits per heavy atom. The standard InChI is InChI=1S/C9H17N3/c1-9(2,6-10)8(11)7-3-4-12-5-7/h7-8,12H,3-5,11H2,1-2H3. The molecule has 0 spiro atoms. The van der Waals surface area contributed by atoms with Gasteiger partial charge in [0.2, 0.25) is 0 Å². The van der Waals surface area contributed by atoms with E-state index in [0.717, 1.165) is 19.5 Å². The number of hydrogen-bond acceptors (Lipinski definition) is 3. The maximum absolute atomic E-state index is 8.87. The van der Waals surface area contributed by atoms with Crippen molar-refractivity contribution >= 4 is 0 Å². The molecule has 68 valence electrons. The molecule has 3 nitrogen and oxygen atoms in total. The fourth-order valence-corrected chi connectivity index (χ4v) is 1.65. The van der Waals surface area contributed by atoms with E-state index in [1.807, 2.05) is 13.8 Å². The molecule has 0 aliphatic carbocycles. The van der Waals surface area contributed by atoms with E-state index in [2.05, 4.69) is 11.4 Å². The van der Waals surface area contributed by atoms with E-state index in [4.69, 9.17) is 11.0 Å². The zero-order chi connectivity index (χ0) is 9.19. The largest absolute Gasteiger partial charge is 0.326 e. The van der Waals surface area contributed by atoms with Gasteiger partial charge < -0.3 is 11.1 Å². The van der Waals surface area contributed by atoms with Crippen molar-refractivity contribution in [2.24, 2.45) is 17.1 Å². The van der Waals surface area contributed by atoms with Crippen LogP contribution in [0.2, 0.25) is 0 Å². The van der Waals surface area contributed by atoms with Crippen LogP contribution >= 0.6 is 0 Å². The van der Waals surface area contributed by atoms with Gasteiger partial charge >= 0.3 is 0 Å². The monoisotopic (exact) mass is 167 g/mol. The zero-order valence-electron chi connectivity index (χ0n) is 7.80. The first kappa shape index (κ1) is 9.50. The van der Waals surface area contributed by atoms with Gasteiger partial charge in [-0.1, -0.05) is 0 Å². The molecular formula is C9H17N3. The first-order valence-electron chi connectivity index (χ1n) is 4.45. The number of nitriles is 1. The second kappa shape index (κ2) is 3.42. The average Bonchev–Trinajstić information content (AvgIpc) is 2.55.